The Morgan fingerprint density at radius 1 is 0.969 bits per heavy atom. The van der Waals surface area contributed by atoms with Gasteiger partial charge < -0.3 is 19.7 Å². The molecule has 0 bridgehead atoms. The first kappa shape index (κ1) is 21.6. The molecule has 0 saturated carbocycles. The van der Waals surface area contributed by atoms with Crippen LogP contribution in [0.1, 0.15) is 5.56 Å². The lowest BCUT2D eigenvalue weighted by atomic mass is 10.2. The summed E-state index contributed by atoms with van der Waals surface area (Å²) in [4.78, 5) is 25.5. The Labute approximate surface area is 187 Å². The summed E-state index contributed by atoms with van der Waals surface area (Å²) in [7, 11) is 1.56. The Morgan fingerprint density at radius 2 is 1.69 bits per heavy atom. The highest BCUT2D eigenvalue weighted by Crippen LogP contribution is 2.25. The number of piperazine rings is 1. The predicted octanol–water partition coefficient (Wildman–Crippen LogP) is 2.82. The summed E-state index contributed by atoms with van der Waals surface area (Å²) in [5.41, 5.74) is 1.32. The lowest BCUT2D eigenvalue weighted by Gasteiger charge is -2.35. The van der Waals surface area contributed by atoms with Crippen molar-refractivity contribution in [2.75, 3.05) is 50.1 Å². The minimum Gasteiger partial charge on any atom is -0.493 e. The molecule has 166 valence electrons. The normalized spacial score (nSPS) is 14.1. The van der Waals surface area contributed by atoms with E-state index >= 15 is 0 Å². The van der Waals surface area contributed by atoms with Crippen LogP contribution in [-0.4, -0.2) is 60.7 Å². The zero-order chi connectivity index (χ0) is 22.2. The zero-order valence-corrected chi connectivity index (χ0v) is 18.1. The van der Waals surface area contributed by atoms with Crippen LogP contribution in [0.5, 0.6) is 11.5 Å². The summed E-state index contributed by atoms with van der Waals surface area (Å²) in [6.07, 6.45) is 1.47. The summed E-state index contributed by atoms with van der Waals surface area (Å²) in [6.45, 7) is 4.45. The van der Waals surface area contributed by atoms with E-state index in [4.69, 9.17) is 9.47 Å². The highest BCUT2D eigenvalue weighted by molar-refractivity contribution is 5.91. The maximum absolute atomic E-state index is 12.3. The van der Waals surface area contributed by atoms with Crippen molar-refractivity contribution in [1.82, 2.24) is 14.9 Å². The molecule has 32 heavy (non-hydrogen) atoms. The summed E-state index contributed by atoms with van der Waals surface area (Å²) < 4.78 is 10.8. The minimum atomic E-state index is -0.298. The molecule has 0 spiro atoms. The highest BCUT2D eigenvalue weighted by Gasteiger charge is 2.19. The summed E-state index contributed by atoms with van der Waals surface area (Å²) in [5, 5.41) is 2.78. The van der Waals surface area contributed by atoms with Gasteiger partial charge in [0.15, 0.2) is 18.1 Å². The topological polar surface area (TPSA) is 79.8 Å². The van der Waals surface area contributed by atoms with Crippen molar-refractivity contribution in [2.45, 2.75) is 6.54 Å². The van der Waals surface area contributed by atoms with Crippen molar-refractivity contribution in [3.8, 4) is 11.5 Å². The van der Waals surface area contributed by atoms with E-state index in [1.807, 2.05) is 18.2 Å². The van der Waals surface area contributed by atoms with Crippen LogP contribution in [0.25, 0.3) is 0 Å². The third-order valence-electron chi connectivity index (χ3n) is 5.29. The van der Waals surface area contributed by atoms with Crippen molar-refractivity contribution >= 4 is 17.5 Å². The maximum Gasteiger partial charge on any atom is 0.263 e. The van der Waals surface area contributed by atoms with Gasteiger partial charge in [0.2, 0.25) is 0 Å². The molecule has 0 unspecified atom stereocenters. The molecule has 3 aromatic rings. The van der Waals surface area contributed by atoms with Gasteiger partial charge in [-0.15, -0.1) is 0 Å². The molecular weight excluding hydrogens is 406 g/mol. The third-order valence-corrected chi connectivity index (χ3v) is 5.29. The van der Waals surface area contributed by atoms with Gasteiger partial charge in [0, 0.05) is 38.8 Å². The van der Waals surface area contributed by atoms with E-state index in [-0.39, 0.29) is 12.5 Å². The number of rotatable bonds is 8. The van der Waals surface area contributed by atoms with Crippen molar-refractivity contribution < 1.29 is 14.3 Å². The molecule has 0 radical (unpaired) electrons. The van der Waals surface area contributed by atoms with Crippen LogP contribution in [0.15, 0.2) is 67.0 Å². The van der Waals surface area contributed by atoms with E-state index < -0.39 is 0 Å². The number of nitrogens with one attached hydrogen (secondary N) is 1. The number of anilines is 2. The fourth-order valence-corrected chi connectivity index (χ4v) is 3.63. The fourth-order valence-electron chi connectivity index (χ4n) is 3.63. The Balaban J connectivity index is 1.28. The van der Waals surface area contributed by atoms with Crippen LogP contribution in [0, 0.1) is 0 Å². The Hall–Kier alpha value is -3.65. The first-order valence-corrected chi connectivity index (χ1v) is 10.6. The van der Waals surface area contributed by atoms with Gasteiger partial charge in [-0.1, -0.05) is 42.5 Å². The van der Waals surface area contributed by atoms with Crippen LogP contribution in [-0.2, 0) is 11.3 Å². The Kier molecular flexibility index (Phi) is 7.14. The molecule has 1 aliphatic heterocycles. The van der Waals surface area contributed by atoms with Gasteiger partial charge in [-0.3, -0.25) is 9.69 Å². The van der Waals surface area contributed by atoms with Crippen LogP contribution >= 0.6 is 0 Å². The standard InChI is InChI=1S/C24H27N5O3/c1-31-20-9-5-6-10-21(20)32-17-24(30)27-22-15-23(26-18-25-22)29-13-11-28(12-14-29)16-19-7-3-2-4-8-19/h2-10,15,18H,11-14,16-17H2,1H3,(H,25,26,27,30). The monoisotopic (exact) mass is 433 g/mol. The number of hydrogen-bond acceptors (Lipinski definition) is 7. The number of hydrogen-bond donors (Lipinski definition) is 1. The average Bonchev–Trinajstić information content (AvgIpc) is 2.84. The summed E-state index contributed by atoms with van der Waals surface area (Å²) >= 11 is 0. The molecule has 8 nitrogen and oxygen atoms in total. The Morgan fingerprint density at radius 3 is 2.44 bits per heavy atom. The number of benzene rings is 2. The van der Waals surface area contributed by atoms with Gasteiger partial charge in [0.1, 0.15) is 18.0 Å². The Bertz CT molecular complexity index is 1020. The lowest BCUT2D eigenvalue weighted by molar-refractivity contribution is -0.118. The van der Waals surface area contributed by atoms with Gasteiger partial charge in [0.05, 0.1) is 7.11 Å². The van der Waals surface area contributed by atoms with Crippen molar-refractivity contribution in [1.29, 1.82) is 0 Å². The van der Waals surface area contributed by atoms with Gasteiger partial charge in [-0.2, -0.15) is 0 Å². The number of aromatic nitrogens is 2. The van der Waals surface area contributed by atoms with Crippen LogP contribution in [0.4, 0.5) is 11.6 Å². The first-order chi connectivity index (χ1) is 15.7. The number of carbonyl (C=O) groups excluding carboxylic acids is 1. The van der Waals surface area contributed by atoms with E-state index in [1.165, 1.54) is 11.9 Å². The number of ether oxygens (including phenoxy) is 2. The molecular formula is C24H27N5O3. The van der Waals surface area contributed by atoms with E-state index in [2.05, 4.69) is 49.4 Å². The van der Waals surface area contributed by atoms with Gasteiger partial charge in [-0.25, -0.2) is 9.97 Å². The number of para-hydroxylation sites is 2. The first-order valence-electron chi connectivity index (χ1n) is 10.6. The highest BCUT2D eigenvalue weighted by atomic mass is 16.5. The second-order valence-corrected chi connectivity index (χ2v) is 7.50. The third kappa shape index (κ3) is 5.73. The molecule has 1 aromatic heterocycles. The molecule has 2 aromatic carbocycles. The fraction of sp³-hybridized carbons (Fsp3) is 0.292. The number of carbonyl (C=O) groups is 1. The van der Waals surface area contributed by atoms with Crippen molar-refractivity contribution in [3.63, 3.8) is 0 Å². The molecule has 2 heterocycles. The van der Waals surface area contributed by atoms with Crippen LogP contribution in [0.2, 0.25) is 0 Å². The van der Waals surface area contributed by atoms with E-state index in [9.17, 15) is 4.79 Å². The van der Waals surface area contributed by atoms with E-state index in [0.717, 1.165) is 38.5 Å². The molecule has 1 amide bonds. The summed E-state index contributed by atoms with van der Waals surface area (Å²) in [5.74, 6) is 2.06. The molecule has 4 rings (SSSR count). The summed E-state index contributed by atoms with van der Waals surface area (Å²) in [6, 6.07) is 19.5. The molecule has 0 atom stereocenters. The molecule has 1 N–H and O–H groups in total. The van der Waals surface area contributed by atoms with Gasteiger partial charge >= 0.3 is 0 Å². The second-order valence-electron chi connectivity index (χ2n) is 7.50. The minimum absolute atomic E-state index is 0.141. The zero-order valence-electron chi connectivity index (χ0n) is 18.1. The predicted molar refractivity (Wildman–Crippen MR) is 123 cm³/mol. The van der Waals surface area contributed by atoms with Crippen LogP contribution in [0.3, 0.4) is 0 Å². The largest absolute Gasteiger partial charge is 0.493 e. The molecule has 1 fully saturated rings. The lowest BCUT2D eigenvalue weighted by Crippen LogP contribution is -2.46. The molecule has 1 aliphatic rings. The quantitative estimate of drug-likeness (QED) is 0.585. The van der Waals surface area contributed by atoms with E-state index in [1.54, 1.807) is 25.3 Å². The molecule has 8 heteroatoms. The molecule has 0 aliphatic carbocycles. The molecule has 1 saturated heterocycles. The maximum atomic E-state index is 12.3. The van der Waals surface area contributed by atoms with Gasteiger partial charge in [0.25, 0.3) is 5.91 Å². The van der Waals surface area contributed by atoms with Gasteiger partial charge in [-0.05, 0) is 17.7 Å². The number of nitrogens with zero attached hydrogens (tertiary/aromatic N) is 4. The van der Waals surface area contributed by atoms with Crippen molar-refractivity contribution in [3.05, 3.63) is 72.6 Å². The second kappa shape index (κ2) is 10.6. The van der Waals surface area contributed by atoms with Crippen molar-refractivity contribution in [2.24, 2.45) is 0 Å². The number of amides is 1. The SMILES string of the molecule is COc1ccccc1OCC(=O)Nc1cc(N2CCN(Cc3ccccc3)CC2)ncn1. The van der Waals surface area contributed by atoms with Crippen LogP contribution < -0.4 is 19.7 Å². The average molecular weight is 434 g/mol. The number of methoxy groups -OCH3 is 1. The van der Waals surface area contributed by atoms with E-state index in [0.29, 0.717) is 17.3 Å². The smallest absolute Gasteiger partial charge is 0.263 e.